The normalized spacial score (nSPS) is 31.6. The first kappa shape index (κ1) is 9.15. The van der Waals surface area contributed by atoms with E-state index in [0.717, 1.165) is 5.57 Å². The fraction of sp³-hybridized carbons (Fsp3) is 0.400. The lowest BCUT2D eigenvalue weighted by atomic mass is 9.94. The van der Waals surface area contributed by atoms with Crippen LogP contribution in [0, 0.1) is 0 Å². The van der Waals surface area contributed by atoms with Crippen molar-refractivity contribution in [2.24, 2.45) is 0 Å². The Labute approximate surface area is 81.2 Å². The van der Waals surface area contributed by atoms with E-state index in [2.05, 4.69) is 0 Å². The van der Waals surface area contributed by atoms with Crippen molar-refractivity contribution in [1.82, 2.24) is 0 Å². The van der Waals surface area contributed by atoms with Crippen molar-refractivity contribution < 1.29 is 19.1 Å². The van der Waals surface area contributed by atoms with E-state index in [1.807, 2.05) is 6.92 Å². The Morgan fingerprint density at radius 3 is 2.50 bits per heavy atom. The molecule has 0 N–H and O–H groups in total. The van der Waals surface area contributed by atoms with Crippen LogP contribution < -0.4 is 0 Å². The lowest BCUT2D eigenvalue weighted by Crippen LogP contribution is -2.42. The molecule has 0 bridgehead atoms. The van der Waals surface area contributed by atoms with Gasteiger partial charge in [-0.3, -0.25) is 4.79 Å². The zero-order valence-corrected chi connectivity index (χ0v) is 7.99. The lowest BCUT2D eigenvalue weighted by Gasteiger charge is -2.27. The Kier molecular flexibility index (Phi) is 1.82. The molecule has 1 aliphatic heterocycles. The van der Waals surface area contributed by atoms with Crippen LogP contribution >= 0.6 is 0 Å². The monoisotopic (exact) mass is 194 g/mol. The first-order valence-electron chi connectivity index (χ1n) is 4.32. The van der Waals surface area contributed by atoms with Gasteiger partial charge in [-0.25, -0.2) is 4.79 Å². The van der Waals surface area contributed by atoms with Gasteiger partial charge in [-0.1, -0.05) is 6.08 Å². The van der Waals surface area contributed by atoms with Crippen molar-refractivity contribution in [2.45, 2.75) is 19.6 Å². The highest BCUT2D eigenvalue weighted by molar-refractivity contribution is 6.02. The van der Waals surface area contributed by atoms with E-state index in [9.17, 15) is 9.59 Å². The smallest absolute Gasteiger partial charge is 0.335 e. The first-order chi connectivity index (χ1) is 6.54. The molecule has 4 nitrogen and oxygen atoms in total. The molecule has 1 atom stereocenters. The van der Waals surface area contributed by atoms with Crippen LogP contribution in [-0.4, -0.2) is 24.1 Å². The van der Waals surface area contributed by atoms with E-state index in [-0.39, 0.29) is 12.4 Å². The number of allylic oxidation sites excluding steroid dienone is 2. The molecule has 74 valence electrons. The fourth-order valence-corrected chi connectivity index (χ4v) is 1.67. The van der Waals surface area contributed by atoms with Crippen molar-refractivity contribution in [2.75, 3.05) is 6.61 Å². The van der Waals surface area contributed by atoms with Crippen molar-refractivity contribution in [1.29, 1.82) is 0 Å². The Morgan fingerprint density at radius 2 is 2.00 bits per heavy atom. The number of hydrogen-bond acceptors (Lipinski definition) is 4. The minimum Gasteiger partial charge on any atom is -0.419 e. The Morgan fingerprint density at radius 1 is 1.29 bits per heavy atom. The number of rotatable bonds is 0. The molecule has 0 aromatic carbocycles. The highest BCUT2D eigenvalue weighted by Gasteiger charge is 2.50. The summed E-state index contributed by atoms with van der Waals surface area (Å²) in [7, 11) is 0. The predicted molar refractivity (Wildman–Crippen MR) is 47.3 cm³/mol. The highest BCUT2D eigenvalue weighted by atomic mass is 16.8. The Hall–Kier alpha value is -1.42. The Balaban J connectivity index is 2.43. The standard InChI is InChI=1S/C10H10O4/c1-6-3-7(2)10(8(11)4-6)13-5-9(12)14-10/h3-4H,5H2,1-2H3/t10-/m0/s1. The van der Waals surface area contributed by atoms with Crippen LogP contribution in [0.1, 0.15) is 13.8 Å². The minimum absolute atomic E-state index is 0.163. The summed E-state index contributed by atoms with van der Waals surface area (Å²) in [6, 6.07) is 0. The highest BCUT2D eigenvalue weighted by Crippen LogP contribution is 2.33. The molecule has 2 rings (SSSR count). The molecular weight excluding hydrogens is 184 g/mol. The maximum atomic E-state index is 11.7. The van der Waals surface area contributed by atoms with Gasteiger partial charge in [-0.15, -0.1) is 0 Å². The summed E-state index contributed by atoms with van der Waals surface area (Å²) in [5.41, 5.74) is 1.46. The van der Waals surface area contributed by atoms with Crippen LogP contribution in [0.4, 0.5) is 0 Å². The third-order valence-electron chi connectivity index (χ3n) is 2.30. The van der Waals surface area contributed by atoms with Crippen molar-refractivity contribution >= 4 is 11.8 Å². The number of ketones is 1. The second kappa shape index (κ2) is 2.78. The topological polar surface area (TPSA) is 52.6 Å². The molecular formula is C10H10O4. The average Bonchev–Trinajstić information content (AvgIpc) is 2.46. The van der Waals surface area contributed by atoms with Gasteiger partial charge < -0.3 is 9.47 Å². The van der Waals surface area contributed by atoms with Crippen molar-refractivity contribution in [3.05, 3.63) is 23.3 Å². The molecule has 0 saturated carbocycles. The van der Waals surface area contributed by atoms with Gasteiger partial charge in [-0.2, -0.15) is 0 Å². The van der Waals surface area contributed by atoms with Crippen LogP contribution in [0.25, 0.3) is 0 Å². The number of ether oxygens (including phenoxy) is 2. The largest absolute Gasteiger partial charge is 0.419 e. The molecule has 2 aliphatic rings. The SMILES string of the molecule is CC1=CC(=O)[C@]2(OCC(=O)O2)C(C)=C1. The van der Waals surface area contributed by atoms with E-state index in [4.69, 9.17) is 9.47 Å². The van der Waals surface area contributed by atoms with E-state index in [1.165, 1.54) is 6.08 Å². The summed E-state index contributed by atoms with van der Waals surface area (Å²) in [6.45, 7) is 3.36. The summed E-state index contributed by atoms with van der Waals surface area (Å²) < 4.78 is 10.1. The molecule has 0 aromatic heterocycles. The minimum atomic E-state index is -1.46. The maximum absolute atomic E-state index is 11.7. The van der Waals surface area contributed by atoms with Gasteiger partial charge in [0.1, 0.15) is 6.61 Å². The molecule has 4 heteroatoms. The molecule has 0 radical (unpaired) electrons. The summed E-state index contributed by atoms with van der Waals surface area (Å²) in [5.74, 6) is -2.28. The first-order valence-corrected chi connectivity index (χ1v) is 4.32. The average molecular weight is 194 g/mol. The summed E-state index contributed by atoms with van der Waals surface area (Å²) in [6.07, 6.45) is 3.20. The zero-order valence-electron chi connectivity index (χ0n) is 7.99. The lowest BCUT2D eigenvalue weighted by molar-refractivity contribution is -0.171. The molecule has 1 fully saturated rings. The van der Waals surface area contributed by atoms with Crippen molar-refractivity contribution in [3.63, 3.8) is 0 Å². The molecule has 14 heavy (non-hydrogen) atoms. The molecule has 0 aromatic rings. The maximum Gasteiger partial charge on any atom is 0.335 e. The molecule has 1 heterocycles. The van der Waals surface area contributed by atoms with E-state index < -0.39 is 11.8 Å². The van der Waals surface area contributed by atoms with Crippen LogP contribution in [0.5, 0.6) is 0 Å². The summed E-state index contributed by atoms with van der Waals surface area (Å²) in [4.78, 5) is 22.6. The number of esters is 1. The van der Waals surface area contributed by atoms with Gasteiger partial charge in [-0.05, 0) is 25.5 Å². The van der Waals surface area contributed by atoms with Crippen LogP contribution in [0.15, 0.2) is 23.3 Å². The molecule has 1 aliphatic carbocycles. The third kappa shape index (κ3) is 1.11. The van der Waals surface area contributed by atoms with Crippen molar-refractivity contribution in [3.8, 4) is 0 Å². The summed E-state index contributed by atoms with van der Waals surface area (Å²) in [5, 5.41) is 0. The van der Waals surface area contributed by atoms with E-state index >= 15 is 0 Å². The van der Waals surface area contributed by atoms with Gasteiger partial charge in [0.25, 0.3) is 0 Å². The van der Waals surface area contributed by atoms with Gasteiger partial charge in [0, 0.05) is 5.57 Å². The van der Waals surface area contributed by atoms with Crippen LogP contribution in [0.3, 0.4) is 0 Å². The van der Waals surface area contributed by atoms with Gasteiger partial charge in [0.2, 0.25) is 5.78 Å². The van der Waals surface area contributed by atoms with Gasteiger partial charge in [0.15, 0.2) is 0 Å². The second-order valence-corrected chi connectivity index (χ2v) is 3.46. The quantitative estimate of drug-likeness (QED) is 0.533. The number of carbonyl (C=O) groups excluding carboxylic acids is 2. The molecule has 1 spiro atoms. The number of hydrogen-bond donors (Lipinski definition) is 0. The predicted octanol–water partition coefficient (Wildman–Crippen LogP) is 0.731. The van der Waals surface area contributed by atoms with E-state index in [1.54, 1.807) is 13.0 Å². The van der Waals surface area contributed by atoms with Crippen LogP contribution in [-0.2, 0) is 19.1 Å². The molecule has 0 amide bonds. The van der Waals surface area contributed by atoms with Gasteiger partial charge in [0.05, 0.1) is 0 Å². The zero-order chi connectivity index (χ0) is 10.3. The third-order valence-corrected chi connectivity index (χ3v) is 2.30. The number of carbonyl (C=O) groups is 2. The molecule has 0 unspecified atom stereocenters. The van der Waals surface area contributed by atoms with Gasteiger partial charge >= 0.3 is 11.8 Å². The molecule has 1 saturated heterocycles. The van der Waals surface area contributed by atoms with Crippen LogP contribution in [0.2, 0.25) is 0 Å². The summed E-state index contributed by atoms with van der Waals surface area (Å²) >= 11 is 0. The Bertz CT molecular complexity index is 378. The second-order valence-electron chi connectivity index (χ2n) is 3.46. The van der Waals surface area contributed by atoms with E-state index in [0.29, 0.717) is 5.57 Å². The fourth-order valence-electron chi connectivity index (χ4n) is 1.67.